The van der Waals surface area contributed by atoms with E-state index in [4.69, 9.17) is 0 Å². The van der Waals surface area contributed by atoms with Gasteiger partial charge < -0.3 is 20.4 Å². The van der Waals surface area contributed by atoms with Crippen molar-refractivity contribution in [3.8, 4) is 0 Å². The van der Waals surface area contributed by atoms with E-state index in [-0.39, 0.29) is 29.9 Å². The summed E-state index contributed by atoms with van der Waals surface area (Å²) >= 11 is 0. The molecular weight excluding hydrogens is 453 g/mol. The van der Waals surface area contributed by atoms with Crippen molar-refractivity contribution in [3.05, 3.63) is 0 Å². The van der Waals surface area contributed by atoms with E-state index in [0.29, 0.717) is 12.3 Å². The molecule has 2 saturated heterocycles. The lowest BCUT2D eigenvalue weighted by molar-refractivity contribution is -0.121. The highest BCUT2D eigenvalue weighted by atomic mass is 127. The first-order chi connectivity index (χ1) is 12.6. The van der Waals surface area contributed by atoms with Crippen molar-refractivity contribution in [3.63, 3.8) is 0 Å². The number of carbonyl (C=O) groups is 1. The van der Waals surface area contributed by atoms with Crippen LogP contribution < -0.4 is 10.6 Å². The number of rotatable bonds is 7. The van der Waals surface area contributed by atoms with Crippen LogP contribution in [-0.4, -0.2) is 75.0 Å². The highest BCUT2D eigenvalue weighted by Crippen LogP contribution is 2.20. The topological polar surface area (TPSA) is 60.0 Å². The van der Waals surface area contributed by atoms with Crippen molar-refractivity contribution in [2.24, 2.45) is 16.8 Å². The number of unbranched alkanes of at least 4 members (excludes halogenated alkanes) is 1. The highest BCUT2D eigenvalue weighted by molar-refractivity contribution is 14.0. The number of aliphatic imine (C=N–C) groups is 1. The second-order valence-electron chi connectivity index (χ2n) is 8.01. The molecule has 6 nitrogen and oxygen atoms in total. The van der Waals surface area contributed by atoms with Crippen LogP contribution in [-0.2, 0) is 4.79 Å². The van der Waals surface area contributed by atoms with Crippen LogP contribution in [0.4, 0.5) is 0 Å². The van der Waals surface area contributed by atoms with Gasteiger partial charge in [0.1, 0.15) is 0 Å². The van der Waals surface area contributed by atoms with Crippen LogP contribution >= 0.6 is 24.0 Å². The van der Waals surface area contributed by atoms with Crippen LogP contribution in [0.5, 0.6) is 0 Å². The van der Waals surface area contributed by atoms with Gasteiger partial charge in [0.05, 0.1) is 0 Å². The van der Waals surface area contributed by atoms with Crippen LogP contribution in [0.1, 0.15) is 51.9 Å². The summed E-state index contributed by atoms with van der Waals surface area (Å²) in [6, 6.07) is 0. The summed E-state index contributed by atoms with van der Waals surface area (Å²) in [6.45, 7) is 9.14. The molecule has 0 aromatic heterocycles. The fourth-order valence-electron chi connectivity index (χ4n) is 3.99. The first-order valence-electron chi connectivity index (χ1n) is 10.5. The minimum absolute atomic E-state index is 0. The number of hydrogen-bond acceptors (Lipinski definition) is 3. The van der Waals surface area contributed by atoms with Crippen LogP contribution in [0.3, 0.4) is 0 Å². The molecule has 2 rings (SSSR count). The van der Waals surface area contributed by atoms with E-state index in [1.807, 2.05) is 7.05 Å². The molecule has 27 heavy (non-hydrogen) atoms. The van der Waals surface area contributed by atoms with Crippen LogP contribution in [0.2, 0.25) is 0 Å². The fraction of sp³-hybridized carbons (Fsp3) is 0.900. The van der Waals surface area contributed by atoms with Crippen LogP contribution in [0, 0.1) is 11.8 Å². The largest absolute Gasteiger partial charge is 0.359 e. The molecule has 1 amide bonds. The summed E-state index contributed by atoms with van der Waals surface area (Å²) in [5.74, 6) is 2.61. The molecule has 0 unspecified atom stereocenters. The zero-order valence-corrected chi connectivity index (χ0v) is 19.8. The van der Waals surface area contributed by atoms with Gasteiger partial charge in [-0.05, 0) is 70.0 Å². The van der Waals surface area contributed by atoms with Gasteiger partial charge in [0.2, 0.25) is 5.91 Å². The van der Waals surface area contributed by atoms with Gasteiger partial charge in [-0.1, -0.05) is 6.92 Å². The lowest BCUT2D eigenvalue weighted by Crippen LogP contribution is -2.46. The van der Waals surface area contributed by atoms with Gasteiger partial charge in [-0.2, -0.15) is 0 Å². The maximum Gasteiger partial charge on any atom is 0.220 e. The van der Waals surface area contributed by atoms with Gasteiger partial charge in [-0.15, -0.1) is 24.0 Å². The summed E-state index contributed by atoms with van der Waals surface area (Å²) in [5, 5.41) is 6.26. The van der Waals surface area contributed by atoms with Gasteiger partial charge >= 0.3 is 0 Å². The number of halogens is 1. The Labute approximate surface area is 182 Å². The first kappa shape index (κ1) is 24.5. The number of hydrogen-bond donors (Lipinski definition) is 2. The fourth-order valence-corrected chi connectivity index (χ4v) is 3.99. The van der Waals surface area contributed by atoms with Gasteiger partial charge in [-0.3, -0.25) is 9.79 Å². The Morgan fingerprint density at radius 2 is 1.74 bits per heavy atom. The van der Waals surface area contributed by atoms with Crippen molar-refractivity contribution in [2.45, 2.75) is 51.9 Å². The highest BCUT2D eigenvalue weighted by Gasteiger charge is 2.23. The first-order valence-corrected chi connectivity index (χ1v) is 10.5. The molecule has 2 N–H and O–H groups in total. The maximum absolute atomic E-state index is 11.5. The molecule has 2 aliphatic heterocycles. The molecule has 0 bridgehead atoms. The number of likely N-dealkylation sites (tertiary alicyclic amines) is 2. The van der Waals surface area contributed by atoms with E-state index in [0.717, 1.165) is 44.4 Å². The summed E-state index contributed by atoms with van der Waals surface area (Å²) < 4.78 is 0. The van der Waals surface area contributed by atoms with E-state index in [2.05, 4.69) is 32.3 Å². The van der Waals surface area contributed by atoms with Crippen molar-refractivity contribution in [1.29, 1.82) is 0 Å². The zero-order chi connectivity index (χ0) is 18.8. The Morgan fingerprint density at radius 1 is 1.07 bits per heavy atom. The standard InChI is InChI=1S/C20H39N5O.HI/c1-17-6-12-24(13-7-17)11-5-4-10-23-20(22-3)25-14-8-18(9-15-25)16-19(26)21-2;/h17-18H,4-16H2,1-3H3,(H,21,26)(H,22,23);1H. The number of carbonyl (C=O) groups excluding carboxylic acids is 1. The van der Waals surface area contributed by atoms with Crippen LogP contribution in [0.15, 0.2) is 4.99 Å². The van der Waals surface area contributed by atoms with Crippen molar-refractivity contribution < 1.29 is 4.79 Å². The Balaban J connectivity index is 0.00000364. The zero-order valence-electron chi connectivity index (χ0n) is 17.5. The molecule has 0 aliphatic carbocycles. The number of nitrogens with zero attached hydrogens (tertiary/aromatic N) is 3. The summed E-state index contributed by atoms with van der Waals surface area (Å²) in [6.07, 6.45) is 7.97. The third-order valence-electron chi connectivity index (χ3n) is 5.94. The number of amides is 1. The Bertz CT molecular complexity index is 444. The third kappa shape index (κ3) is 8.98. The lowest BCUT2D eigenvalue weighted by atomic mass is 9.93. The van der Waals surface area contributed by atoms with E-state index >= 15 is 0 Å². The average molecular weight is 493 g/mol. The van der Waals surface area contributed by atoms with E-state index < -0.39 is 0 Å². The molecule has 0 aromatic rings. The molecule has 0 saturated carbocycles. The SMILES string of the molecule is CN=C(NCCCCN1CCC(C)CC1)N1CCC(CC(=O)NC)CC1.I. The van der Waals surface area contributed by atoms with Gasteiger partial charge in [-0.25, -0.2) is 0 Å². The predicted octanol–water partition coefficient (Wildman–Crippen LogP) is 2.54. The molecule has 158 valence electrons. The quantitative estimate of drug-likeness (QED) is 0.248. The molecule has 2 aliphatic rings. The van der Waals surface area contributed by atoms with E-state index in [9.17, 15) is 4.79 Å². The third-order valence-corrected chi connectivity index (χ3v) is 5.94. The maximum atomic E-state index is 11.5. The predicted molar refractivity (Wildman–Crippen MR) is 124 cm³/mol. The summed E-state index contributed by atoms with van der Waals surface area (Å²) in [7, 11) is 3.59. The Morgan fingerprint density at radius 3 is 2.33 bits per heavy atom. The van der Waals surface area contributed by atoms with E-state index in [1.54, 1.807) is 7.05 Å². The second-order valence-corrected chi connectivity index (χ2v) is 8.01. The summed E-state index contributed by atoms with van der Waals surface area (Å²) in [5.41, 5.74) is 0. The molecule has 0 atom stereocenters. The van der Waals surface area contributed by atoms with Gasteiger partial charge in [0.25, 0.3) is 0 Å². The number of nitrogens with one attached hydrogen (secondary N) is 2. The molecule has 0 spiro atoms. The van der Waals surface area contributed by atoms with Gasteiger partial charge in [0.15, 0.2) is 5.96 Å². The molecule has 7 heteroatoms. The molecule has 2 heterocycles. The number of guanidine groups is 1. The monoisotopic (exact) mass is 493 g/mol. The molecular formula is C20H40IN5O. The molecule has 2 fully saturated rings. The van der Waals surface area contributed by atoms with Crippen molar-refractivity contribution in [1.82, 2.24) is 20.4 Å². The van der Waals surface area contributed by atoms with E-state index in [1.165, 1.54) is 45.3 Å². The lowest BCUT2D eigenvalue weighted by Gasteiger charge is -2.34. The Kier molecular flexibility index (Phi) is 12.3. The van der Waals surface area contributed by atoms with Crippen molar-refractivity contribution >= 4 is 35.8 Å². The number of piperidine rings is 2. The Hall–Kier alpha value is -0.570. The normalized spacial score (nSPS) is 20.3. The van der Waals surface area contributed by atoms with Crippen molar-refractivity contribution in [2.75, 3.05) is 53.4 Å². The minimum Gasteiger partial charge on any atom is -0.359 e. The second kappa shape index (κ2) is 13.6. The smallest absolute Gasteiger partial charge is 0.220 e. The van der Waals surface area contributed by atoms with Gasteiger partial charge in [0, 0.05) is 40.2 Å². The minimum atomic E-state index is 0. The molecule has 0 aromatic carbocycles. The van der Waals surface area contributed by atoms with Crippen LogP contribution in [0.25, 0.3) is 0 Å². The summed E-state index contributed by atoms with van der Waals surface area (Å²) in [4.78, 5) is 20.9. The average Bonchev–Trinajstić information content (AvgIpc) is 2.67. The molecule has 0 radical (unpaired) electrons.